The third-order valence-electron chi connectivity index (χ3n) is 5.87. The highest BCUT2D eigenvalue weighted by Crippen LogP contribution is 2.27. The van der Waals surface area contributed by atoms with Crippen LogP contribution < -0.4 is 15.5 Å². The van der Waals surface area contributed by atoms with Gasteiger partial charge in [0.05, 0.1) is 10.9 Å². The number of benzene rings is 1. The van der Waals surface area contributed by atoms with Gasteiger partial charge in [-0.15, -0.1) is 9.35 Å². The predicted octanol–water partition coefficient (Wildman–Crippen LogP) is 2.38. The molecule has 1 aromatic carbocycles. The molecule has 1 fully saturated rings. The van der Waals surface area contributed by atoms with Crippen molar-refractivity contribution in [3.8, 4) is 16.8 Å². The van der Waals surface area contributed by atoms with Crippen molar-refractivity contribution < 1.29 is 23.5 Å². The van der Waals surface area contributed by atoms with Gasteiger partial charge in [0.1, 0.15) is 11.2 Å². The van der Waals surface area contributed by atoms with Gasteiger partial charge in [-0.3, -0.25) is 19.3 Å². The molecule has 5 rings (SSSR count). The molecule has 1 aliphatic rings. The molecule has 1 saturated carbocycles. The van der Waals surface area contributed by atoms with E-state index in [9.17, 15) is 23.6 Å². The quantitative estimate of drug-likeness (QED) is 0.290. The van der Waals surface area contributed by atoms with Crippen LogP contribution in [-0.2, 0) is 9.35 Å². The third kappa shape index (κ3) is 4.45. The van der Waals surface area contributed by atoms with Crippen LogP contribution in [0.25, 0.3) is 27.8 Å². The summed E-state index contributed by atoms with van der Waals surface area (Å²) in [7, 11) is -4.15. The molecule has 9 nitrogen and oxygen atoms in total. The van der Waals surface area contributed by atoms with Gasteiger partial charge >= 0.3 is 5.03 Å². The maximum absolute atomic E-state index is 13.0. The van der Waals surface area contributed by atoms with Crippen molar-refractivity contribution in [2.75, 3.05) is 12.5 Å². The zero-order valence-electron chi connectivity index (χ0n) is 19.2. The average Bonchev–Trinajstić information content (AvgIpc) is 3.62. The van der Waals surface area contributed by atoms with Gasteiger partial charge < -0.3 is 9.88 Å². The number of amides is 1. The number of nitrogens with zero attached hydrogens (tertiary/aromatic N) is 3. The van der Waals surface area contributed by atoms with Crippen molar-refractivity contribution in [3.05, 3.63) is 82.9 Å². The number of hydrogen-bond donors (Lipinski definition) is 3. The molecule has 3 N–H and O–H groups in total. The van der Waals surface area contributed by atoms with Crippen molar-refractivity contribution >= 4 is 26.3 Å². The minimum absolute atomic E-state index is 0.0372. The van der Waals surface area contributed by atoms with Gasteiger partial charge in [0.15, 0.2) is 0 Å². The van der Waals surface area contributed by atoms with Crippen molar-refractivity contribution in [1.29, 1.82) is 0 Å². The maximum Gasteiger partial charge on any atom is 0.340 e. The molecule has 3 heterocycles. The molecule has 35 heavy (non-hydrogen) atoms. The first-order chi connectivity index (χ1) is 16.5. The van der Waals surface area contributed by atoms with E-state index in [2.05, 4.69) is 10.3 Å². The molecule has 0 bridgehead atoms. The number of aromatic nitrogens is 3. The van der Waals surface area contributed by atoms with E-state index in [-0.39, 0.29) is 22.1 Å². The highest BCUT2D eigenvalue weighted by molar-refractivity contribution is 8.13. The SMILES string of the molecule is CS(C)(=O)(O)c1ccc(-c2cccc(-n3cc(C(=O)NC4CC4)c(=O)c4cccnc43)c2)c[n+]1O. The van der Waals surface area contributed by atoms with Crippen LogP contribution in [0.2, 0.25) is 0 Å². The Kier molecular flexibility index (Phi) is 5.11. The lowest BCUT2D eigenvalue weighted by Crippen LogP contribution is -2.45. The summed E-state index contributed by atoms with van der Waals surface area (Å²) >= 11 is 0. The Bertz CT molecular complexity index is 1620. The Hall–Kier alpha value is -3.89. The Morgan fingerprint density at radius 1 is 1.14 bits per heavy atom. The number of nitrogens with one attached hydrogen (secondary N) is 1. The van der Waals surface area contributed by atoms with E-state index in [1.54, 1.807) is 35.0 Å². The Balaban J connectivity index is 1.63. The average molecular weight is 494 g/mol. The van der Waals surface area contributed by atoms with E-state index in [1.807, 2.05) is 18.2 Å². The topological polar surface area (TPSA) is 125 Å². The van der Waals surface area contributed by atoms with Crippen molar-refractivity contribution in [2.24, 2.45) is 0 Å². The molecular formula is C25H25N4O5S+. The molecule has 0 aliphatic heterocycles. The van der Waals surface area contributed by atoms with Gasteiger partial charge in [-0.05, 0) is 48.7 Å². The van der Waals surface area contributed by atoms with Crippen LogP contribution in [0.4, 0.5) is 0 Å². The molecule has 0 atom stereocenters. The molecule has 0 saturated heterocycles. The van der Waals surface area contributed by atoms with Crippen LogP contribution in [0.1, 0.15) is 23.2 Å². The summed E-state index contributed by atoms with van der Waals surface area (Å²) in [6, 6.07) is 13.7. The summed E-state index contributed by atoms with van der Waals surface area (Å²) in [5, 5.41) is 13.5. The highest BCUT2D eigenvalue weighted by atomic mass is 32.3. The summed E-state index contributed by atoms with van der Waals surface area (Å²) in [5.74, 6) is -0.411. The fraction of sp³-hybridized carbons (Fsp3) is 0.200. The van der Waals surface area contributed by atoms with Crippen LogP contribution >= 0.6 is 0 Å². The van der Waals surface area contributed by atoms with E-state index in [0.29, 0.717) is 32.6 Å². The standard InChI is InChI=1S/C25H24N4O5S/c1-35(2,33,34)22-11-8-17(14-29(22)32)16-5-3-6-19(13-16)28-15-21(25(31)27-18-9-10-18)23(30)20-7-4-12-26-24(20)28/h3-8,11-15,18H,9-10H2,1-2H3,(H2-,27,31,32,33,34)/p+1. The second kappa shape index (κ2) is 7.82. The zero-order valence-corrected chi connectivity index (χ0v) is 20.0. The molecular weight excluding hydrogens is 468 g/mol. The Morgan fingerprint density at radius 3 is 2.60 bits per heavy atom. The first-order valence-corrected chi connectivity index (χ1v) is 13.8. The Labute approximate surface area is 200 Å². The largest absolute Gasteiger partial charge is 0.349 e. The number of pyridine rings is 3. The summed E-state index contributed by atoms with van der Waals surface area (Å²) < 4.78 is 25.1. The number of carbonyl (C=O) groups is 1. The van der Waals surface area contributed by atoms with E-state index < -0.39 is 15.3 Å². The summed E-state index contributed by atoms with van der Waals surface area (Å²) in [6.07, 6.45) is 8.60. The minimum atomic E-state index is -4.15. The van der Waals surface area contributed by atoms with Gasteiger partial charge in [-0.1, -0.05) is 12.1 Å². The normalized spacial score (nSPS) is 14.9. The first kappa shape index (κ1) is 22.9. The molecule has 1 aliphatic carbocycles. The van der Waals surface area contributed by atoms with Crippen LogP contribution in [0.5, 0.6) is 0 Å². The van der Waals surface area contributed by atoms with Gasteiger partial charge in [0, 0.05) is 47.4 Å². The number of carbonyl (C=O) groups excluding carboxylic acids is 1. The Morgan fingerprint density at radius 2 is 1.91 bits per heavy atom. The summed E-state index contributed by atoms with van der Waals surface area (Å²) in [6.45, 7) is 0. The fourth-order valence-electron chi connectivity index (χ4n) is 3.95. The van der Waals surface area contributed by atoms with Crippen molar-refractivity contribution in [3.63, 3.8) is 0 Å². The second-order valence-corrected chi connectivity index (χ2v) is 13.2. The number of rotatable bonds is 5. The van der Waals surface area contributed by atoms with Crippen LogP contribution in [-0.4, -0.2) is 48.0 Å². The molecule has 4 aromatic rings. The van der Waals surface area contributed by atoms with E-state index >= 15 is 0 Å². The molecule has 1 amide bonds. The van der Waals surface area contributed by atoms with Gasteiger partial charge in [0.2, 0.25) is 11.6 Å². The van der Waals surface area contributed by atoms with Crippen LogP contribution in [0.3, 0.4) is 0 Å². The molecule has 3 aromatic heterocycles. The molecule has 0 spiro atoms. The van der Waals surface area contributed by atoms with Gasteiger partial charge in [0.25, 0.3) is 5.91 Å². The number of fused-ring (bicyclic) bond motifs is 1. The van der Waals surface area contributed by atoms with Crippen molar-refractivity contribution in [2.45, 2.75) is 23.9 Å². The fourth-order valence-corrected chi connectivity index (χ4v) is 5.00. The maximum atomic E-state index is 13.0. The second-order valence-electron chi connectivity index (χ2n) is 9.28. The highest BCUT2D eigenvalue weighted by Gasteiger charge is 2.30. The van der Waals surface area contributed by atoms with Gasteiger partial charge in [-0.25, -0.2) is 4.98 Å². The van der Waals surface area contributed by atoms with E-state index in [4.69, 9.17) is 0 Å². The van der Waals surface area contributed by atoms with Crippen LogP contribution in [0.15, 0.2) is 76.9 Å². The smallest absolute Gasteiger partial charge is 0.340 e. The van der Waals surface area contributed by atoms with E-state index in [1.165, 1.54) is 31.0 Å². The first-order valence-electron chi connectivity index (χ1n) is 11.0. The summed E-state index contributed by atoms with van der Waals surface area (Å²) in [5.41, 5.74) is 2.02. The van der Waals surface area contributed by atoms with Crippen molar-refractivity contribution in [1.82, 2.24) is 14.9 Å². The third-order valence-corrected chi connectivity index (χ3v) is 7.38. The van der Waals surface area contributed by atoms with E-state index in [0.717, 1.165) is 12.8 Å². The molecule has 10 heteroatoms. The predicted molar refractivity (Wildman–Crippen MR) is 132 cm³/mol. The van der Waals surface area contributed by atoms with Crippen LogP contribution in [0, 0.1) is 0 Å². The number of hydrogen-bond acceptors (Lipinski definition) is 5. The monoisotopic (exact) mass is 493 g/mol. The lowest BCUT2D eigenvalue weighted by atomic mass is 10.1. The molecule has 0 unspecified atom stereocenters. The lowest BCUT2D eigenvalue weighted by molar-refractivity contribution is -0.933. The lowest BCUT2D eigenvalue weighted by Gasteiger charge is -2.28. The zero-order chi connectivity index (χ0) is 25.0. The summed E-state index contributed by atoms with van der Waals surface area (Å²) in [4.78, 5) is 30.2. The minimum Gasteiger partial charge on any atom is -0.349 e. The van der Waals surface area contributed by atoms with Gasteiger partial charge in [-0.2, -0.15) is 4.21 Å². The molecule has 0 radical (unpaired) electrons. The molecule has 180 valence electrons.